The fraction of sp³-hybridized carbons (Fsp3) is 0.125. The van der Waals surface area contributed by atoms with Gasteiger partial charge in [-0.2, -0.15) is 0 Å². The lowest BCUT2D eigenvalue weighted by Crippen LogP contribution is -2.13. The maximum Gasteiger partial charge on any atom is 0.273 e. The quantitative estimate of drug-likeness (QED) is 0.556. The van der Waals surface area contributed by atoms with Gasteiger partial charge in [-0.1, -0.05) is 30.3 Å². The topological polar surface area (TPSA) is 71.0 Å². The number of H-pyrrole nitrogens is 1. The molecule has 0 saturated carbocycles. The fourth-order valence-electron chi connectivity index (χ4n) is 2.47. The van der Waals surface area contributed by atoms with Gasteiger partial charge >= 0.3 is 0 Å². The van der Waals surface area contributed by atoms with Crippen LogP contribution < -0.4 is 5.32 Å². The normalized spacial score (nSPS) is 10.9. The molecule has 5 nitrogen and oxygen atoms in total. The van der Waals surface area contributed by atoms with Gasteiger partial charge in [0.15, 0.2) is 0 Å². The Morgan fingerprint density at radius 2 is 1.76 bits per heavy atom. The van der Waals surface area contributed by atoms with E-state index in [-0.39, 0.29) is 10.6 Å². The number of nitrogens with one attached hydrogen (secondary N) is 2. The van der Waals surface area contributed by atoms with E-state index in [2.05, 4.69) is 16.4 Å². The zero-order valence-electron chi connectivity index (χ0n) is 11.4. The maximum absolute atomic E-state index is 11.0. The Hall–Kier alpha value is -2.66. The van der Waals surface area contributed by atoms with Crippen LogP contribution in [0.2, 0.25) is 0 Å². The Kier molecular flexibility index (Phi) is 3.66. The molecule has 0 atom stereocenters. The largest absolute Gasteiger partial charge is 0.361 e. The molecule has 21 heavy (non-hydrogen) atoms. The van der Waals surface area contributed by atoms with Crippen molar-refractivity contribution >= 4 is 16.6 Å². The average molecular weight is 281 g/mol. The van der Waals surface area contributed by atoms with Gasteiger partial charge < -0.3 is 10.3 Å². The molecule has 3 aromatic rings. The molecule has 0 spiro atoms. The van der Waals surface area contributed by atoms with Crippen LogP contribution in [0.25, 0.3) is 10.9 Å². The monoisotopic (exact) mass is 281 g/mol. The van der Waals surface area contributed by atoms with Crippen LogP contribution in [0.3, 0.4) is 0 Å². The highest BCUT2D eigenvalue weighted by molar-refractivity contribution is 5.82. The number of hydrogen-bond donors (Lipinski definition) is 2. The Morgan fingerprint density at radius 3 is 2.62 bits per heavy atom. The molecule has 3 rings (SSSR count). The number of benzene rings is 2. The number of nitro groups is 1. The molecule has 0 bridgehead atoms. The highest BCUT2D eigenvalue weighted by Gasteiger charge is 2.11. The van der Waals surface area contributed by atoms with Gasteiger partial charge in [0.25, 0.3) is 5.69 Å². The summed E-state index contributed by atoms with van der Waals surface area (Å²) in [4.78, 5) is 13.8. The second-order valence-corrected chi connectivity index (χ2v) is 4.85. The number of nitrogens with zero attached hydrogens (tertiary/aromatic N) is 1. The van der Waals surface area contributed by atoms with Crippen molar-refractivity contribution in [1.29, 1.82) is 0 Å². The van der Waals surface area contributed by atoms with Crippen molar-refractivity contribution in [3.05, 3.63) is 76.0 Å². The first-order chi connectivity index (χ1) is 10.3. The summed E-state index contributed by atoms with van der Waals surface area (Å²) < 4.78 is 0. The van der Waals surface area contributed by atoms with Crippen LogP contribution in [0.5, 0.6) is 0 Å². The number of nitro benzene ring substituents is 1. The smallest absolute Gasteiger partial charge is 0.273 e. The predicted molar refractivity (Wildman–Crippen MR) is 81.9 cm³/mol. The van der Waals surface area contributed by atoms with E-state index in [0.717, 1.165) is 5.52 Å². The number of aromatic amines is 1. The molecule has 0 saturated heterocycles. The van der Waals surface area contributed by atoms with Gasteiger partial charge in [0.2, 0.25) is 0 Å². The van der Waals surface area contributed by atoms with Crippen LogP contribution in [0, 0.1) is 10.1 Å². The van der Waals surface area contributed by atoms with Gasteiger partial charge in [-0.15, -0.1) is 0 Å². The van der Waals surface area contributed by atoms with Crippen LogP contribution >= 0.6 is 0 Å². The average Bonchev–Trinajstić information content (AvgIpc) is 2.97. The summed E-state index contributed by atoms with van der Waals surface area (Å²) in [6.45, 7) is 1.14. The van der Waals surface area contributed by atoms with E-state index in [1.165, 1.54) is 17.0 Å². The summed E-state index contributed by atoms with van der Waals surface area (Å²) in [5, 5.41) is 15.4. The molecule has 0 fully saturated rings. The first-order valence-electron chi connectivity index (χ1n) is 6.74. The number of hydrogen-bond acceptors (Lipinski definition) is 3. The lowest BCUT2D eigenvalue weighted by atomic mass is 10.1. The van der Waals surface area contributed by atoms with Crippen LogP contribution in [-0.4, -0.2) is 9.91 Å². The first kappa shape index (κ1) is 13.3. The number of rotatable bonds is 5. The van der Waals surface area contributed by atoms with Gasteiger partial charge in [-0.25, -0.2) is 0 Å². The van der Waals surface area contributed by atoms with Crippen LogP contribution in [0.15, 0.2) is 54.7 Å². The van der Waals surface area contributed by atoms with Gasteiger partial charge in [0.05, 0.1) is 4.92 Å². The van der Waals surface area contributed by atoms with Crippen molar-refractivity contribution in [1.82, 2.24) is 10.3 Å². The standard InChI is InChI=1S/C16H15N3O2/c20-19(21)16-7-2-1-4-13(16)11-17-10-12-5-3-6-15-14(12)8-9-18-15/h1-9,17-18H,10-11H2. The van der Waals surface area contributed by atoms with Crippen molar-refractivity contribution in [2.75, 3.05) is 0 Å². The van der Waals surface area contributed by atoms with Crippen LogP contribution in [0.4, 0.5) is 5.69 Å². The molecule has 1 heterocycles. The summed E-state index contributed by atoms with van der Waals surface area (Å²) in [5.74, 6) is 0. The molecule has 1 aromatic heterocycles. The summed E-state index contributed by atoms with van der Waals surface area (Å²) in [6, 6.07) is 14.9. The number of aromatic nitrogens is 1. The third-order valence-corrected chi connectivity index (χ3v) is 3.50. The van der Waals surface area contributed by atoms with E-state index >= 15 is 0 Å². The zero-order valence-corrected chi connectivity index (χ0v) is 11.4. The third-order valence-electron chi connectivity index (χ3n) is 3.50. The lowest BCUT2D eigenvalue weighted by Gasteiger charge is -2.07. The van der Waals surface area contributed by atoms with E-state index in [0.29, 0.717) is 18.7 Å². The van der Waals surface area contributed by atoms with E-state index in [1.807, 2.05) is 30.5 Å². The summed E-state index contributed by atoms with van der Waals surface area (Å²) in [6.07, 6.45) is 1.91. The molecule has 0 aliphatic heterocycles. The molecule has 0 amide bonds. The molecule has 2 aromatic carbocycles. The Bertz CT molecular complexity index is 780. The highest BCUT2D eigenvalue weighted by atomic mass is 16.6. The first-order valence-corrected chi connectivity index (χ1v) is 6.74. The predicted octanol–water partition coefficient (Wildman–Crippen LogP) is 3.37. The van der Waals surface area contributed by atoms with Crippen molar-refractivity contribution in [2.45, 2.75) is 13.1 Å². The minimum Gasteiger partial charge on any atom is -0.361 e. The van der Waals surface area contributed by atoms with Gasteiger partial charge in [-0.3, -0.25) is 10.1 Å². The van der Waals surface area contributed by atoms with Gasteiger partial charge in [0, 0.05) is 41.8 Å². The molecular weight excluding hydrogens is 266 g/mol. The van der Waals surface area contributed by atoms with E-state index < -0.39 is 0 Å². The second kappa shape index (κ2) is 5.76. The zero-order chi connectivity index (χ0) is 14.7. The minimum absolute atomic E-state index is 0.157. The number of fused-ring (bicyclic) bond motifs is 1. The molecule has 5 heteroatoms. The molecule has 0 aliphatic carbocycles. The van der Waals surface area contributed by atoms with E-state index in [1.54, 1.807) is 12.1 Å². The molecule has 106 valence electrons. The lowest BCUT2D eigenvalue weighted by molar-refractivity contribution is -0.385. The SMILES string of the molecule is O=[N+]([O-])c1ccccc1CNCc1cccc2[nH]ccc12. The Balaban J connectivity index is 1.72. The van der Waals surface area contributed by atoms with E-state index in [4.69, 9.17) is 0 Å². The maximum atomic E-state index is 11.0. The fourth-order valence-corrected chi connectivity index (χ4v) is 2.47. The van der Waals surface area contributed by atoms with Crippen LogP contribution in [-0.2, 0) is 13.1 Å². The van der Waals surface area contributed by atoms with Gasteiger partial charge in [-0.05, 0) is 17.7 Å². The van der Waals surface area contributed by atoms with Crippen molar-refractivity contribution < 1.29 is 4.92 Å². The number of para-hydroxylation sites is 1. The van der Waals surface area contributed by atoms with Gasteiger partial charge in [0.1, 0.15) is 0 Å². The summed E-state index contributed by atoms with van der Waals surface area (Å²) in [7, 11) is 0. The van der Waals surface area contributed by atoms with Crippen molar-refractivity contribution in [3.8, 4) is 0 Å². The van der Waals surface area contributed by atoms with E-state index in [9.17, 15) is 10.1 Å². The molecule has 2 N–H and O–H groups in total. The minimum atomic E-state index is -0.343. The molecular formula is C16H15N3O2. The van der Waals surface area contributed by atoms with Crippen LogP contribution in [0.1, 0.15) is 11.1 Å². The summed E-state index contributed by atoms with van der Waals surface area (Å²) in [5.41, 5.74) is 3.13. The molecule has 0 radical (unpaired) electrons. The second-order valence-electron chi connectivity index (χ2n) is 4.85. The third kappa shape index (κ3) is 2.78. The summed E-state index contributed by atoms with van der Waals surface area (Å²) >= 11 is 0. The molecule has 0 aliphatic rings. The Morgan fingerprint density at radius 1 is 1.00 bits per heavy atom. The van der Waals surface area contributed by atoms with Crippen molar-refractivity contribution in [3.63, 3.8) is 0 Å². The highest BCUT2D eigenvalue weighted by Crippen LogP contribution is 2.19. The Labute approximate surface area is 121 Å². The molecule has 0 unspecified atom stereocenters. The van der Waals surface area contributed by atoms with Crippen molar-refractivity contribution in [2.24, 2.45) is 0 Å².